The molecule has 1 aromatic heterocycles. The van der Waals surface area contributed by atoms with E-state index in [0.717, 1.165) is 10.9 Å². The van der Waals surface area contributed by atoms with Crippen molar-refractivity contribution in [1.82, 2.24) is 9.78 Å². The summed E-state index contributed by atoms with van der Waals surface area (Å²) >= 11 is 6.00. The number of esters is 1. The van der Waals surface area contributed by atoms with E-state index in [0.29, 0.717) is 11.6 Å². The van der Waals surface area contributed by atoms with Crippen molar-refractivity contribution < 1.29 is 9.53 Å². The third-order valence-corrected chi connectivity index (χ3v) is 2.47. The van der Waals surface area contributed by atoms with E-state index < -0.39 is 0 Å². The van der Waals surface area contributed by atoms with E-state index in [4.69, 9.17) is 16.3 Å². The minimum atomic E-state index is -0.300. The molecule has 0 amide bonds. The van der Waals surface area contributed by atoms with Crippen LogP contribution in [0.3, 0.4) is 0 Å². The second-order valence-corrected chi connectivity index (χ2v) is 3.71. The molecule has 0 fully saturated rings. The van der Waals surface area contributed by atoms with Gasteiger partial charge in [0, 0.05) is 11.6 Å². The summed E-state index contributed by atoms with van der Waals surface area (Å²) in [5.74, 6) is -0.300. The molecule has 16 heavy (non-hydrogen) atoms. The van der Waals surface area contributed by atoms with Gasteiger partial charge in [0.2, 0.25) is 0 Å². The van der Waals surface area contributed by atoms with Crippen LogP contribution in [0.5, 0.6) is 0 Å². The number of halogens is 1. The zero-order valence-electron chi connectivity index (χ0n) is 8.81. The van der Waals surface area contributed by atoms with Gasteiger partial charge in [-0.05, 0) is 19.1 Å². The number of rotatable bonds is 3. The molecule has 0 aliphatic heterocycles. The second-order valence-electron chi connectivity index (χ2n) is 3.30. The number of hydrogen-bond donors (Lipinski definition) is 0. The van der Waals surface area contributed by atoms with E-state index in [1.54, 1.807) is 19.2 Å². The maximum atomic E-state index is 11.3. The molecule has 5 heteroatoms. The first-order valence-corrected chi connectivity index (χ1v) is 5.36. The van der Waals surface area contributed by atoms with Crippen molar-refractivity contribution in [2.45, 2.75) is 13.5 Å². The van der Waals surface area contributed by atoms with Gasteiger partial charge >= 0.3 is 5.97 Å². The lowest BCUT2D eigenvalue weighted by Gasteiger charge is -2.00. The Morgan fingerprint density at radius 1 is 1.56 bits per heavy atom. The van der Waals surface area contributed by atoms with Crippen LogP contribution in [0.4, 0.5) is 0 Å². The van der Waals surface area contributed by atoms with Crippen LogP contribution in [-0.4, -0.2) is 22.4 Å². The number of aromatic nitrogens is 2. The van der Waals surface area contributed by atoms with Crippen molar-refractivity contribution >= 4 is 28.5 Å². The maximum absolute atomic E-state index is 11.3. The molecule has 0 aliphatic rings. The van der Waals surface area contributed by atoms with Gasteiger partial charge in [-0.2, -0.15) is 5.10 Å². The van der Waals surface area contributed by atoms with E-state index in [1.807, 2.05) is 12.1 Å². The monoisotopic (exact) mass is 238 g/mol. The van der Waals surface area contributed by atoms with Gasteiger partial charge in [-0.1, -0.05) is 17.7 Å². The topological polar surface area (TPSA) is 44.1 Å². The predicted octanol–water partition coefficient (Wildman–Crippen LogP) is 2.25. The summed E-state index contributed by atoms with van der Waals surface area (Å²) in [7, 11) is 0. The van der Waals surface area contributed by atoms with Gasteiger partial charge in [-0.15, -0.1) is 0 Å². The average molecular weight is 239 g/mol. The summed E-state index contributed by atoms with van der Waals surface area (Å²) in [5, 5.41) is 5.70. The first kappa shape index (κ1) is 11.0. The number of benzene rings is 1. The fourth-order valence-electron chi connectivity index (χ4n) is 1.48. The minimum absolute atomic E-state index is 0.110. The minimum Gasteiger partial charge on any atom is -0.465 e. The Labute approximate surface area is 97.8 Å². The molecule has 0 bridgehead atoms. The lowest BCUT2D eigenvalue weighted by atomic mass is 10.3. The standard InChI is InChI=1S/C11H11ClN2O2/c1-2-16-11(15)7-14-6-8-9(12)4-3-5-10(8)13-14/h3-6H,2,7H2,1H3. The molecule has 2 aromatic rings. The molecule has 1 aromatic carbocycles. The van der Waals surface area contributed by atoms with Gasteiger partial charge in [-0.25, -0.2) is 0 Å². The van der Waals surface area contributed by atoms with E-state index in [2.05, 4.69) is 5.10 Å². The molecule has 0 spiro atoms. The van der Waals surface area contributed by atoms with Gasteiger partial charge in [0.05, 0.1) is 17.1 Å². The SMILES string of the molecule is CCOC(=O)Cn1cc2c(Cl)cccc2n1. The number of carbonyl (C=O) groups excluding carboxylic acids is 1. The molecule has 84 valence electrons. The maximum Gasteiger partial charge on any atom is 0.327 e. The number of carbonyl (C=O) groups is 1. The molecule has 0 unspecified atom stereocenters. The van der Waals surface area contributed by atoms with Crippen LogP contribution < -0.4 is 0 Å². The lowest BCUT2D eigenvalue weighted by Crippen LogP contribution is -2.13. The highest BCUT2D eigenvalue weighted by molar-refractivity contribution is 6.35. The fourth-order valence-corrected chi connectivity index (χ4v) is 1.70. The molecule has 0 saturated carbocycles. The van der Waals surface area contributed by atoms with Crippen LogP contribution >= 0.6 is 11.6 Å². The molecule has 4 nitrogen and oxygen atoms in total. The van der Waals surface area contributed by atoms with Gasteiger partial charge in [0.1, 0.15) is 6.54 Å². The largest absolute Gasteiger partial charge is 0.465 e. The van der Waals surface area contributed by atoms with Crippen molar-refractivity contribution in [3.63, 3.8) is 0 Å². The van der Waals surface area contributed by atoms with Crippen LogP contribution in [0, 0.1) is 0 Å². The highest BCUT2D eigenvalue weighted by atomic mass is 35.5. The highest BCUT2D eigenvalue weighted by Gasteiger charge is 2.07. The lowest BCUT2D eigenvalue weighted by molar-refractivity contribution is -0.144. The second kappa shape index (κ2) is 4.53. The Kier molecular flexibility index (Phi) is 3.10. The van der Waals surface area contributed by atoms with Gasteiger partial charge < -0.3 is 4.74 Å². The number of fused-ring (bicyclic) bond motifs is 1. The van der Waals surface area contributed by atoms with Crippen LogP contribution in [0.1, 0.15) is 6.92 Å². The third kappa shape index (κ3) is 2.17. The number of hydrogen-bond acceptors (Lipinski definition) is 3. The molecular formula is C11H11ClN2O2. The summed E-state index contributed by atoms with van der Waals surface area (Å²) in [4.78, 5) is 11.3. The molecule has 0 radical (unpaired) electrons. The molecule has 0 aliphatic carbocycles. The summed E-state index contributed by atoms with van der Waals surface area (Å²) in [6.07, 6.45) is 1.74. The molecule has 0 N–H and O–H groups in total. The Bertz CT molecular complexity index is 522. The Hall–Kier alpha value is -1.55. The van der Waals surface area contributed by atoms with Gasteiger partial charge in [-0.3, -0.25) is 9.48 Å². The first-order valence-electron chi connectivity index (χ1n) is 4.98. The number of ether oxygens (including phenoxy) is 1. The van der Waals surface area contributed by atoms with E-state index in [9.17, 15) is 4.79 Å². The van der Waals surface area contributed by atoms with Crippen molar-refractivity contribution in [2.24, 2.45) is 0 Å². The Morgan fingerprint density at radius 3 is 3.06 bits per heavy atom. The van der Waals surface area contributed by atoms with Crippen LogP contribution in [-0.2, 0) is 16.1 Å². The van der Waals surface area contributed by atoms with E-state index in [-0.39, 0.29) is 12.5 Å². The summed E-state index contributed by atoms with van der Waals surface area (Å²) in [6, 6.07) is 5.47. The average Bonchev–Trinajstić information content (AvgIpc) is 2.62. The predicted molar refractivity (Wildman–Crippen MR) is 61.4 cm³/mol. The van der Waals surface area contributed by atoms with Crippen LogP contribution in [0.2, 0.25) is 5.02 Å². The van der Waals surface area contributed by atoms with Crippen molar-refractivity contribution in [2.75, 3.05) is 6.61 Å². The summed E-state index contributed by atoms with van der Waals surface area (Å²) in [6.45, 7) is 2.26. The van der Waals surface area contributed by atoms with Crippen molar-refractivity contribution in [3.8, 4) is 0 Å². The van der Waals surface area contributed by atoms with Gasteiger partial charge in [0.25, 0.3) is 0 Å². The van der Waals surface area contributed by atoms with E-state index in [1.165, 1.54) is 4.68 Å². The van der Waals surface area contributed by atoms with Gasteiger partial charge in [0.15, 0.2) is 0 Å². The number of nitrogens with zero attached hydrogens (tertiary/aromatic N) is 2. The fraction of sp³-hybridized carbons (Fsp3) is 0.273. The Morgan fingerprint density at radius 2 is 2.38 bits per heavy atom. The molecule has 1 heterocycles. The van der Waals surface area contributed by atoms with Crippen LogP contribution in [0.25, 0.3) is 10.9 Å². The summed E-state index contributed by atoms with van der Waals surface area (Å²) < 4.78 is 6.38. The van der Waals surface area contributed by atoms with Crippen molar-refractivity contribution in [3.05, 3.63) is 29.4 Å². The highest BCUT2D eigenvalue weighted by Crippen LogP contribution is 2.21. The van der Waals surface area contributed by atoms with E-state index >= 15 is 0 Å². The molecular weight excluding hydrogens is 228 g/mol. The molecule has 0 saturated heterocycles. The zero-order valence-corrected chi connectivity index (χ0v) is 9.57. The van der Waals surface area contributed by atoms with Crippen molar-refractivity contribution in [1.29, 1.82) is 0 Å². The molecule has 0 atom stereocenters. The quantitative estimate of drug-likeness (QED) is 0.771. The summed E-state index contributed by atoms with van der Waals surface area (Å²) in [5.41, 5.74) is 0.775. The Balaban J connectivity index is 2.26. The molecule has 2 rings (SSSR count). The third-order valence-electron chi connectivity index (χ3n) is 2.14. The van der Waals surface area contributed by atoms with Crippen LogP contribution in [0.15, 0.2) is 24.4 Å². The first-order chi connectivity index (χ1) is 7.70. The smallest absolute Gasteiger partial charge is 0.327 e. The normalized spacial score (nSPS) is 10.6. The zero-order chi connectivity index (χ0) is 11.5.